The SMILES string of the molecule is C[C@H]1CCCC[C@H]1NS(=O)(=O)c1ccc(S(=O)(=O)NC2CCCC2)cc1. The number of nitrogens with one attached hydrogen (secondary N) is 2. The lowest BCUT2D eigenvalue weighted by Gasteiger charge is -2.29. The third kappa shape index (κ3) is 4.65. The van der Waals surface area contributed by atoms with E-state index in [0.29, 0.717) is 5.92 Å². The van der Waals surface area contributed by atoms with Crippen LogP contribution in [0.4, 0.5) is 0 Å². The van der Waals surface area contributed by atoms with Gasteiger partial charge in [0.25, 0.3) is 0 Å². The predicted molar refractivity (Wildman–Crippen MR) is 101 cm³/mol. The predicted octanol–water partition coefficient (Wildman–Crippen LogP) is 2.76. The van der Waals surface area contributed by atoms with Crippen molar-refractivity contribution in [3.05, 3.63) is 24.3 Å². The molecule has 2 aliphatic carbocycles. The van der Waals surface area contributed by atoms with Gasteiger partial charge in [0.2, 0.25) is 20.0 Å². The van der Waals surface area contributed by atoms with E-state index in [1.807, 2.05) is 0 Å². The van der Waals surface area contributed by atoms with Crippen molar-refractivity contribution in [3.8, 4) is 0 Å². The summed E-state index contributed by atoms with van der Waals surface area (Å²) in [6.07, 6.45) is 7.83. The first kappa shape index (κ1) is 19.8. The molecule has 6 nitrogen and oxygen atoms in total. The lowest BCUT2D eigenvalue weighted by molar-refractivity contribution is 0.310. The summed E-state index contributed by atoms with van der Waals surface area (Å²) in [7, 11) is -7.25. The molecule has 0 amide bonds. The monoisotopic (exact) mass is 400 g/mol. The van der Waals surface area contributed by atoms with E-state index in [0.717, 1.165) is 51.4 Å². The van der Waals surface area contributed by atoms with E-state index in [-0.39, 0.29) is 21.9 Å². The van der Waals surface area contributed by atoms with E-state index in [2.05, 4.69) is 16.4 Å². The van der Waals surface area contributed by atoms with Crippen LogP contribution in [0.5, 0.6) is 0 Å². The molecule has 0 spiro atoms. The largest absolute Gasteiger partial charge is 0.240 e. The van der Waals surface area contributed by atoms with Crippen LogP contribution in [-0.4, -0.2) is 28.9 Å². The van der Waals surface area contributed by atoms with Crippen molar-refractivity contribution in [3.63, 3.8) is 0 Å². The molecule has 2 N–H and O–H groups in total. The Balaban J connectivity index is 1.71. The van der Waals surface area contributed by atoms with Crippen LogP contribution in [0.15, 0.2) is 34.1 Å². The van der Waals surface area contributed by atoms with Gasteiger partial charge < -0.3 is 0 Å². The Morgan fingerprint density at radius 1 is 0.731 bits per heavy atom. The molecular weight excluding hydrogens is 372 g/mol. The number of rotatable bonds is 6. The third-order valence-corrected chi connectivity index (χ3v) is 8.58. The molecule has 0 saturated heterocycles. The minimum Gasteiger partial charge on any atom is -0.208 e. The lowest BCUT2D eigenvalue weighted by Crippen LogP contribution is -2.41. The highest BCUT2D eigenvalue weighted by Gasteiger charge is 2.27. The Morgan fingerprint density at radius 3 is 1.73 bits per heavy atom. The van der Waals surface area contributed by atoms with Gasteiger partial charge in [-0.25, -0.2) is 26.3 Å². The Morgan fingerprint density at radius 2 is 1.19 bits per heavy atom. The molecule has 0 radical (unpaired) electrons. The third-order valence-electron chi connectivity index (χ3n) is 5.54. The molecule has 0 aromatic heterocycles. The molecule has 2 atom stereocenters. The van der Waals surface area contributed by atoms with Crippen LogP contribution in [0.2, 0.25) is 0 Å². The maximum atomic E-state index is 12.6. The normalized spacial score (nSPS) is 25.4. The van der Waals surface area contributed by atoms with Crippen LogP contribution in [0, 0.1) is 5.92 Å². The van der Waals surface area contributed by atoms with Crippen molar-refractivity contribution in [1.82, 2.24) is 9.44 Å². The van der Waals surface area contributed by atoms with E-state index < -0.39 is 20.0 Å². The van der Waals surface area contributed by atoms with Crippen LogP contribution in [-0.2, 0) is 20.0 Å². The molecule has 0 aliphatic heterocycles. The summed E-state index contributed by atoms with van der Waals surface area (Å²) in [5, 5.41) is 0. The summed E-state index contributed by atoms with van der Waals surface area (Å²) in [6.45, 7) is 2.07. The maximum absolute atomic E-state index is 12.6. The maximum Gasteiger partial charge on any atom is 0.240 e. The zero-order valence-electron chi connectivity index (χ0n) is 15.1. The number of hydrogen-bond donors (Lipinski definition) is 2. The smallest absolute Gasteiger partial charge is 0.208 e. The molecule has 0 bridgehead atoms. The van der Waals surface area contributed by atoms with E-state index in [1.165, 1.54) is 24.3 Å². The minimum atomic E-state index is -3.64. The summed E-state index contributed by atoms with van der Waals surface area (Å²) in [5.41, 5.74) is 0. The molecule has 2 fully saturated rings. The highest BCUT2D eigenvalue weighted by atomic mass is 32.2. The van der Waals surface area contributed by atoms with Crippen LogP contribution in [0.3, 0.4) is 0 Å². The quantitative estimate of drug-likeness (QED) is 0.768. The Kier molecular flexibility index (Phi) is 6.06. The molecule has 3 rings (SSSR count). The zero-order valence-corrected chi connectivity index (χ0v) is 16.8. The second-order valence-corrected chi connectivity index (χ2v) is 11.0. The van der Waals surface area contributed by atoms with Gasteiger partial charge in [-0.15, -0.1) is 0 Å². The van der Waals surface area contributed by atoms with Gasteiger partial charge in [0.05, 0.1) is 9.79 Å². The number of sulfonamides is 2. The van der Waals surface area contributed by atoms with E-state index in [4.69, 9.17) is 0 Å². The zero-order chi connectivity index (χ0) is 18.8. The van der Waals surface area contributed by atoms with Crippen molar-refractivity contribution in [1.29, 1.82) is 0 Å². The first-order valence-corrected chi connectivity index (χ1v) is 12.4. The van der Waals surface area contributed by atoms with E-state index in [9.17, 15) is 16.8 Å². The number of benzene rings is 1. The highest BCUT2D eigenvalue weighted by Crippen LogP contribution is 2.26. The standard InChI is InChI=1S/C18H28N2O4S2/c1-14-6-2-5-9-18(14)20-26(23,24)17-12-10-16(11-13-17)25(21,22)19-15-7-3-4-8-15/h10-15,18-20H,2-9H2,1H3/t14-,18+/m0/s1. The Bertz CT molecular complexity index is 813. The molecule has 26 heavy (non-hydrogen) atoms. The second kappa shape index (κ2) is 7.96. The topological polar surface area (TPSA) is 92.3 Å². The molecule has 0 unspecified atom stereocenters. The van der Waals surface area contributed by atoms with Crippen molar-refractivity contribution in [2.24, 2.45) is 5.92 Å². The van der Waals surface area contributed by atoms with Gasteiger partial charge in [-0.3, -0.25) is 0 Å². The fraction of sp³-hybridized carbons (Fsp3) is 0.667. The average molecular weight is 401 g/mol. The Labute approximate surface area is 156 Å². The van der Waals surface area contributed by atoms with Crippen molar-refractivity contribution in [2.45, 2.75) is 80.2 Å². The van der Waals surface area contributed by atoms with Crippen LogP contribution < -0.4 is 9.44 Å². The van der Waals surface area contributed by atoms with Crippen molar-refractivity contribution in [2.75, 3.05) is 0 Å². The summed E-state index contributed by atoms with van der Waals surface area (Å²) in [6, 6.07) is 5.42. The van der Waals surface area contributed by atoms with Crippen molar-refractivity contribution < 1.29 is 16.8 Å². The molecule has 2 aliphatic rings. The van der Waals surface area contributed by atoms with Gasteiger partial charge >= 0.3 is 0 Å². The molecular formula is C18H28N2O4S2. The van der Waals surface area contributed by atoms with Crippen LogP contribution >= 0.6 is 0 Å². The van der Waals surface area contributed by atoms with Gasteiger partial charge in [-0.2, -0.15) is 0 Å². The molecule has 146 valence electrons. The summed E-state index contributed by atoms with van der Waals surface area (Å²) in [4.78, 5) is 0.212. The highest BCUT2D eigenvalue weighted by molar-refractivity contribution is 7.90. The molecule has 8 heteroatoms. The van der Waals surface area contributed by atoms with Crippen LogP contribution in [0.1, 0.15) is 58.3 Å². The fourth-order valence-electron chi connectivity index (χ4n) is 3.89. The van der Waals surface area contributed by atoms with Gasteiger partial charge in [0.15, 0.2) is 0 Å². The van der Waals surface area contributed by atoms with Crippen LogP contribution in [0.25, 0.3) is 0 Å². The number of hydrogen-bond acceptors (Lipinski definition) is 4. The van der Waals surface area contributed by atoms with Gasteiger partial charge in [0.1, 0.15) is 0 Å². The second-order valence-electron chi connectivity index (χ2n) is 7.56. The van der Waals surface area contributed by atoms with E-state index in [1.54, 1.807) is 0 Å². The lowest BCUT2D eigenvalue weighted by atomic mass is 9.87. The Hall–Kier alpha value is -0.960. The molecule has 0 heterocycles. The van der Waals surface area contributed by atoms with Crippen molar-refractivity contribution >= 4 is 20.0 Å². The average Bonchev–Trinajstić information content (AvgIpc) is 3.09. The first-order chi connectivity index (χ1) is 12.3. The fourth-order valence-corrected chi connectivity index (χ4v) is 6.57. The summed E-state index contributed by atoms with van der Waals surface area (Å²) >= 11 is 0. The molecule has 2 saturated carbocycles. The first-order valence-electron chi connectivity index (χ1n) is 9.43. The summed E-state index contributed by atoms with van der Waals surface area (Å²) < 4.78 is 55.6. The minimum absolute atomic E-state index is 0.0159. The van der Waals surface area contributed by atoms with E-state index >= 15 is 0 Å². The molecule has 1 aromatic rings. The van der Waals surface area contributed by atoms with Gasteiger partial charge in [-0.1, -0.05) is 32.6 Å². The molecule has 1 aromatic carbocycles. The van der Waals surface area contributed by atoms with Gasteiger partial charge in [-0.05, 0) is 55.9 Å². The van der Waals surface area contributed by atoms with Gasteiger partial charge in [0, 0.05) is 12.1 Å². The summed E-state index contributed by atoms with van der Waals surface area (Å²) in [5.74, 6) is 0.314.